The fraction of sp³-hybridized carbons (Fsp3) is 0.111. The van der Waals surface area contributed by atoms with Gasteiger partial charge in [0.2, 0.25) is 0 Å². The Hall–Kier alpha value is -3.46. The smallest absolute Gasteiger partial charge is 0.272 e. The number of para-hydroxylation sites is 1. The van der Waals surface area contributed by atoms with Crippen LogP contribution < -0.4 is 5.32 Å². The Labute approximate surface area is 139 Å². The van der Waals surface area contributed by atoms with Gasteiger partial charge in [0.05, 0.1) is 4.92 Å². The molecule has 0 radical (unpaired) electrons. The number of nitrogens with one attached hydrogen (secondary N) is 1. The van der Waals surface area contributed by atoms with Gasteiger partial charge in [0.25, 0.3) is 11.6 Å². The van der Waals surface area contributed by atoms with E-state index >= 15 is 0 Å². The fourth-order valence-corrected chi connectivity index (χ4v) is 2.13. The van der Waals surface area contributed by atoms with Crippen molar-refractivity contribution in [3.63, 3.8) is 0 Å². The molecule has 0 spiro atoms. The SMILES string of the molecule is Cc1ccccc1NC(=O)C(C#N)=Cc1ccc(C)c([N+](=O)[O-])c1. The third kappa shape index (κ3) is 3.84. The van der Waals surface area contributed by atoms with Gasteiger partial charge in [0.15, 0.2) is 0 Å². The number of benzene rings is 2. The van der Waals surface area contributed by atoms with Crippen molar-refractivity contribution in [3.05, 3.63) is 74.8 Å². The van der Waals surface area contributed by atoms with Crippen LogP contribution in [0.1, 0.15) is 16.7 Å². The summed E-state index contributed by atoms with van der Waals surface area (Å²) in [5.74, 6) is -0.560. The van der Waals surface area contributed by atoms with E-state index in [4.69, 9.17) is 0 Å². The highest BCUT2D eigenvalue weighted by atomic mass is 16.6. The maximum Gasteiger partial charge on any atom is 0.272 e. The zero-order valence-corrected chi connectivity index (χ0v) is 13.2. The molecule has 0 saturated carbocycles. The molecule has 0 bridgehead atoms. The van der Waals surface area contributed by atoms with Gasteiger partial charge in [0, 0.05) is 17.3 Å². The van der Waals surface area contributed by atoms with Gasteiger partial charge in [-0.25, -0.2) is 0 Å². The van der Waals surface area contributed by atoms with Gasteiger partial charge in [0.1, 0.15) is 11.6 Å². The molecular formula is C18H15N3O3. The van der Waals surface area contributed by atoms with Gasteiger partial charge < -0.3 is 5.32 Å². The van der Waals surface area contributed by atoms with Crippen molar-refractivity contribution in [3.8, 4) is 6.07 Å². The summed E-state index contributed by atoms with van der Waals surface area (Å²) < 4.78 is 0. The number of amides is 1. The highest BCUT2D eigenvalue weighted by molar-refractivity contribution is 6.10. The van der Waals surface area contributed by atoms with E-state index in [1.165, 1.54) is 12.1 Å². The second-order valence-electron chi connectivity index (χ2n) is 5.24. The number of carbonyl (C=O) groups excluding carboxylic acids is 1. The summed E-state index contributed by atoms with van der Waals surface area (Å²) in [5, 5.41) is 22.9. The van der Waals surface area contributed by atoms with Crippen molar-refractivity contribution in [2.75, 3.05) is 5.32 Å². The number of nitro groups is 1. The van der Waals surface area contributed by atoms with Gasteiger partial charge in [-0.05, 0) is 37.1 Å². The number of rotatable bonds is 4. The molecule has 120 valence electrons. The van der Waals surface area contributed by atoms with Crippen molar-refractivity contribution >= 4 is 23.4 Å². The van der Waals surface area contributed by atoms with Crippen LogP contribution in [0.4, 0.5) is 11.4 Å². The van der Waals surface area contributed by atoms with Crippen LogP contribution in [0.2, 0.25) is 0 Å². The van der Waals surface area contributed by atoms with Crippen molar-refractivity contribution in [2.24, 2.45) is 0 Å². The van der Waals surface area contributed by atoms with Crippen molar-refractivity contribution in [1.82, 2.24) is 0 Å². The number of anilines is 1. The first-order chi connectivity index (χ1) is 11.4. The summed E-state index contributed by atoms with van der Waals surface area (Å²) >= 11 is 0. The van der Waals surface area contributed by atoms with E-state index in [0.717, 1.165) is 5.56 Å². The number of aryl methyl sites for hydroxylation is 2. The normalized spacial score (nSPS) is 10.8. The number of hydrogen-bond acceptors (Lipinski definition) is 4. The van der Waals surface area contributed by atoms with Crippen LogP contribution in [0, 0.1) is 35.3 Å². The lowest BCUT2D eigenvalue weighted by atomic mass is 10.1. The lowest BCUT2D eigenvalue weighted by Gasteiger charge is -2.07. The van der Waals surface area contributed by atoms with Crippen LogP contribution in [-0.2, 0) is 4.79 Å². The second-order valence-corrected chi connectivity index (χ2v) is 5.24. The van der Waals surface area contributed by atoms with Crippen molar-refractivity contribution < 1.29 is 9.72 Å². The molecule has 0 fully saturated rings. The van der Waals surface area contributed by atoms with E-state index in [1.54, 1.807) is 31.2 Å². The highest BCUT2D eigenvalue weighted by Gasteiger charge is 2.13. The summed E-state index contributed by atoms with van der Waals surface area (Å²) in [5.41, 5.74) is 2.23. The van der Waals surface area contributed by atoms with Gasteiger partial charge in [-0.15, -0.1) is 0 Å². The minimum atomic E-state index is -0.560. The van der Waals surface area contributed by atoms with Crippen LogP contribution in [0.3, 0.4) is 0 Å². The Balaban J connectivity index is 2.31. The summed E-state index contributed by atoms with van der Waals surface area (Å²) in [4.78, 5) is 22.7. The van der Waals surface area contributed by atoms with Crippen LogP contribution in [0.15, 0.2) is 48.0 Å². The number of carbonyl (C=O) groups is 1. The summed E-state index contributed by atoms with van der Waals surface area (Å²) in [7, 11) is 0. The lowest BCUT2D eigenvalue weighted by molar-refractivity contribution is -0.385. The maximum absolute atomic E-state index is 12.3. The number of nitrogens with zero attached hydrogens (tertiary/aromatic N) is 2. The molecule has 2 aromatic carbocycles. The first-order valence-corrected chi connectivity index (χ1v) is 7.16. The zero-order chi connectivity index (χ0) is 17.7. The molecule has 2 rings (SSSR count). The van der Waals surface area contributed by atoms with Crippen molar-refractivity contribution in [1.29, 1.82) is 5.26 Å². The van der Waals surface area contributed by atoms with Gasteiger partial charge in [-0.3, -0.25) is 14.9 Å². The molecule has 2 aromatic rings. The lowest BCUT2D eigenvalue weighted by Crippen LogP contribution is -2.14. The minimum absolute atomic E-state index is 0.0552. The number of hydrogen-bond donors (Lipinski definition) is 1. The monoisotopic (exact) mass is 321 g/mol. The van der Waals surface area contributed by atoms with Crippen LogP contribution >= 0.6 is 0 Å². The van der Waals surface area contributed by atoms with E-state index in [9.17, 15) is 20.2 Å². The summed E-state index contributed by atoms with van der Waals surface area (Å²) in [6.07, 6.45) is 1.33. The topological polar surface area (TPSA) is 96.0 Å². The molecule has 1 amide bonds. The van der Waals surface area contributed by atoms with E-state index in [-0.39, 0.29) is 11.3 Å². The molecular weight excluding hydrogens is 306 g/mol. The second kappa shape index (κ2) is 7.20. The molecule has 0 heterocycles. The first-order valence-electron chi connectivity index (χ1n) is 7.16. The number of nitro benzene ring substituents is 1. The Morgan fingerprint density at radius 1 is 1.21 bits per heavy atom. The first kappa shape index (κ1) is 16.9. The summed E-state index contributed by atoms with van der Waals surface area (Å²) in [6, 6.07) is 13.6. The van der Waals surface area contributed by atoms with Gasteiger partial charge in [-0.1, -0.05) is 30.3 Å². The molecule has 0 aliphatic rings. The molecule has 6 heteroatoms. The van der Waals surface area contributed by atoms with E-state index in [0.29, 0.717) is 16.8 Å². The molecule has 1 N–H and O–H groups in total. The third-order valence-corrected chi connectivity index (χ3v) is 3.50. The standard InChI is InChI=1S/C18H15N3O3/c1-12-5-3-4-6-16(12)20-18(22)15(11-19)9-14-8-7-13(2)17(10-14)21(23)24/h3-10H,1-2H3,(H,20,22). The predicted molar refractivity (Wildman–Crippen MR) is 91.2 cm³/mol. The third-order valence-electron chi connectivity index (χ3n) is 3.50. The Morgan fingerprint density at radius 2 is 1.92 bits per heavy atom. The summed E-state index contributed by atoms with van der Waals surface area (Å²) in [6.45, 7) is 3.47. The van der Waals surface area contributed by atoms with E-state index in [1.807, 2.05) is 25.1 Å². The molecule has 0 saturated heterocycles. The predicted octanol–water partition coefficient (Wildman–Crippen LogP) is 3.76. The molecule has 0 unspecified atom stereocenters. The zero-order valence-electron chi connectivity index (χ0n) is 13.2. The Bertz CT molecular complexity index is 879. The fourth-order valence-electron chi connectivity index (χ4n) is 2.13. The van der Waals surface area contributed by atoms with Gasteiger partial charge in [-0.2, -0.15) is 5.26 Å². The van der Waals surface area contributed by atoms with E-state index in [2.05, 4.69) is 5.32 Å². The molecule has 0 aliphatic heterocycles. The highest BCUT2D eigenvalue weighted by Crippen LogP contribution is 2.21. The molecule has 0 aromatic heterocycles. The Kier molecular flexibility index (Phi) is 5.07. The minimum Gasteiger partial charge on any atom is -0.321 e. The molecule has 24 heavy (non-hydrogen) atoms. The maximum atomic E-state index is 12.3. The molecule has 0 atom stereocenters. The average Bonchev–Trinajstić information content (AvgIpc) is 2.55. The van der Waals surface area contributed by atoms with Crippen LogP contribution in [0.25, 0.3) is 6.08 Å². The Morgan fingerprint density at radius 3 is 2.54 bits per heavy atom. The van der Waals surface area contributed by atoms with Crippen LogP contribution in [0.5, 0.6) is 0 Å². The number of nitriles is 1. The molecule has 0 aliphatic carbocycles. The van der Waals surface area contributed by atoms with Gasteiger partial charge >= 0.3 is 0 Å². The molecule has 6 nitrogen and oxygen atoms in total. The van der Waals surface area contributed by atoms with E-state index < -0.39 is 10.8 Å². The average molecular weight is 321 g/mol. The quantitative estimate of drug-likeness (QED) is 0.401. The largest absolute Gasteiger partial charge is 0.321 e. The van der Waals surface area contributed by atoms with Crippen LogP contribution in [-0.4, -0.2) is 10.8 Å². The van der Waals surface area contributed by atoms with Crippen molar-refractivity contribution in [2.45, 2.75) is 13.8 Å².